The second kappa shape index (κ2) is 43.8. The molecule has 0 fully saturated rings. The summed E-state index contributed by atoms with van der Waals surface area (Å²) in [5, 5.41) is -0.579. The standard InChI is InChI=1S/C20H26Cl2Si.C10H13Br.C10H13.C4H10O.B.BrH.Cl4Si.2Mg.2H/c1-3-5-7-17-9-13-19(14-10-17)23(21,22)20-15-11-18(12-16-20)8-6-4-2;1-2-3-4-9-5-7-10(11)8-6-9;1-2-3-7-10-8-5-4-6-9-10;1-3-5-4-2;;;1-5(2,3)4;;;;/h9-16H,3-8H2,1-2H3;5-8H,2-4H2,1H3;5-6,8-9H,2-3,7H2,1H3;3-4H2,1-2H3;;1H;;;;;/q;;-1;;;;;2*+2;2*-1/p-1. The molecule has 317 valence electrons. The minimum absolute atomic E-state index is 0. The zero-order valence-corrected chi connectivity index (χ0v) is 48.1. The van der Waals surface area contributed by atoms with Gasteiger partial charge in [0.05, 0.1) is 0 Å². The summed E-state index contributed by atoms with van der Waals surface area (Å²) in [6, 6.07) is 36.9. The van der Waals surface area contributed by atoms with Crippen molar-refractivity contribution < 1.29 is 24.6 Å². The molecule has 0 saturated carbocycles. The summed E-state index contributed by atoms with van der Waals surface area (Å²) in [5.41, 5.74) is 5.60. The van der Waals surface area contributed by atoms with Gasteiger partial charge in [-0.15, -0.1) is 66.5 Å². The molecule has 4 aromatic carbocycles. The SMILES string of the molecule is CCCCc1cc[c-]cc1.CCCCc1ccc(Br)cc1.CCCCc1ccc([Si](Cl)(Cl)c2ccc(CCCC)cc2)cc1.CCOCC.Cl[Si](Cl)(Cl)Cl.[B].[Br-].[H-].[H-].[Mg+2].[Mg+2]. The van der Waals surface area contributed by atoms with Gasteiger partial charge in [0, 0.05) is 26.1 Å². The van der Waals surface area contributed by atoms with E-state index in [1.165, 1.54) is 86.5 Å². The fourth-order valence-electron chi connectivity index (χ4n) is 4.90. The van der Waals surface area contributed by atoms with Crippen LogP contribution in [0.15, 0.2) is 102 Å². The van der Waals surface area contributed by atoms with E-state index in [1.54, 1.807) is 0 Å². The van der Waals surface area contributed by atoms with E-state index in [0.717, 1.165) is 40.9 Å². The van der Waals surface area contributed by atoms with Crippen LogP contribution in [-0.4, -0.2) is 79.7 Å². The van der Waals surface area contributed by atoms with Gasteiger partial charge >= 0.3 is 58.1 Å². The molecule has 0 N–H and O–H groups in total. The number of hydrogen-bond donors (Lipinski definition) is 0. The van der Waals surface area contributed by atoms with Crippen molar-refractivity contribution in [2.24, 2.45) is 0 Å². The smallest absolute Gasteiger partial charge is 1.00 e. The molecule has 4 aromatic rings. The molecule has 0 unspecified atom stereocenters. The molecule has 0 saturated heterocycles. The molecular formula is C44H64BBr2Cl6Mg2OSi2. The minimum atomic E-state index is -2.72. The third kappa shape index (κ3) is 38.1. The average Bonchev–Trinajstić information content (AvgIpc) is 3.16. The van der Waals surface area contributed by atoms with Crippen molar-refractivity contribution in [3.8, 4) is 0 Å². The third-order valence-electron chi connectivity index (χ3n) is 8.02. The van der Waals surface area contributed by atoms with Gasteiger partial charge in [-0.05, 0) is 91.6 Å². The van der Waals surface area contributed by atoms with Crippen molar-refractivity contribution in [2.75, 3.05) is 13.2 Å². The van der Waals surface area contributed by atoms with Gasteiger partial charge < -0.3 is 24.6 Å². The van der Waals surface area contributed by atoms with E-state index in [0.29, 0.717) is 0 Å². The first-order valence-corrected chi connectivity index (χ1v) is 30.2. The maximum absolute atomic E-state index is 6.80. The Labute approximate surface area is 440 Å². The normalized spacial score (nSPS) is 9.95. The van der Waals surface area contributed by atoms with Gasteiger partial charge in [0.25, 0.3) is 0 Å². The molecule has 0 aliphatic heterocycles. The number of unbranched alkanes of at least 4 members (excludes halogenated alkanes) is 4. The van der Waals surface area contributed by atoms with Crippen LogP contribution in [0.2, 0.25) is 0 Å². The molecule has 4 rings (SSSR count). The summed E-state index contributed by atoms with van der Waals surface area (Å²) in [4.78, 5) is 0. The van der Waals surface area contributed by atoms with Crippen molar-refractivity contribution in [3.63, 3.8) is 0 Å². The first-order chi connectivity index (χ1) is 25.7. The maximum Gasteiger partial charge on any atom is 2.00 e. The van der Waals surface area contributed by atoms with Gasteiger partial charge in [-0.1, -0.05) is 143 Å². The Morgan fingerprint density at radius 1 is 0.500 bits per heavy atom. The van der Waals surface area contributed by atoms with Crippen LogP contribution in [0.1, 0.15) is 118 Å². The van der Waals surface area contributed by atoms with Gasteiger partial charge in [-0.3, -0.25) is 0 Å². The minimum Gasteiger partial charge on any atom is -1.00 e. The van der Waals surface area contributed by atoms with Crippen molar-refractivity contribution in [3.05, 3.63) is 130 Å². The number of ether oxygens (including phenoxy) is 1. The summed E-state index contributed by atoms with van der Waals surface area (Å²) in [6.07, 6.45) is 14.7. The second-order valence-electron chi connectivity index (χ2n) is 12.6. The van der Waals surface area contributed by atoms with E-state index in [1.807, 2.05) is 26.0 Å². The molecule has 0 atom stereocenters. The molecule has 0 spiro atoms. The first-order valence-electron chi connectivity index (χ1n) is 19.3. The molecule has 3 radical (unpaired) electrons. The number of hydrogen-bond acceptors (Lipinski definition) is 1. The van der Waals surface area contributed by atoms with Gasteiger partial charge in [0.1, 0.15) is 0 Å². The van der Waals surface area contributed by atoms with Crippen LogP contribution in [0.4, 0.5) is 0 Å². The van der Waals surface area contributed by atoms with Crippen molar-refractivity contribution >= 4 is 159 Å². The van der Waals surface area contributed by atoms with E-state index in [2.05, 4.69) is 135 Å². The zero-order chi connectivity index (χ0) is 40.7. The Bertz CT molecular complexity index is 1400. The van der Waals surface area contributed by atoms with E-state index in [4.69, 9.17) is 71.2 Å². The van der Waals surface area contributed by atoms with Gasteiger partial charge in [-0.2, -0.15) is 35.9 Å². The summed E-state index contributed by atoms with van der Waals surface area (Å²) in [7, 11) is 0. The Kier molecular flexibility index (Phi) is 51.8. The number of halogens is 8. The Morgan fingerprint density at radius 2 is 0.759 bits per heavy atom. The zero-order valence-electron chi connectivity index (χ0n) is 37.6. The monoisotopic (exact) mass is 1090 g/mol. The Balaban J connectivity index is -0.000000129. The van der Waals surface area contributed by atoms with Crippen molar-refractivity contribution in [1.82, 2.24) is 0 Å². The molecular weight excluding hydrogens is 1030 g/mol. The average molecular weight is 1100 g/mol. The van der Waals surface area contributed by atoms with Crippen LogP contribution in [0, 0.1) is 6.07 Å². The first kappa shape index (κ1) is 68.6. The molecule has 0 aliphatic carbocycles. The predicted octanol–water partition coefficient (Wildman–Crippen LogP) is 11.5. The Morgan fingerprint density at radius 3 is 1.00 bits per heavy atom. The van der Waals surface area contributed by atoms with Gasteiger partial charge in [0.15, 0.2) is 0 Å². The summed E-state index contributed by atoms with van der Waals surface area (Å²) in [6.45, 7) is 11.9. The molecule has 0 heterocycles. The number of aryl methyl sites for hydroxylation is 4. The van der Waals surface area contributed by atoms with E-state index in [-0.39, 0.29) is 74.4 Å². The van der Waals surface area contributed by atoms with E-state index < -0.39 is 12.0 Å². The van der Waals surface area contributed by atoms with Crippen LogP contribution >= 0.6 is 82.4 Å². The molecule has 0 aliphatic rings. The molecule has 0 amide bonds. The summed E-state index contributed by atoms with van der Waals surface area (Å²) >= 11 is 36.9. The van der Waals surface area contributed by atoms with Crippen LogP contribution < -0.4 is 27.4 Å². The molecule has 0 aromatic heterocycles. The fraction of sp³-hybridized carbons (Fsp3) is 0.455. The van der Waals surface area contributed by atoms with Crippen LogP contribution in [0.25, 0.3) is 0 Å². The second-order valence-corrected chi connectivity index (χ2v) is 31.0. The quantitative estimate of drug-likeness (QED) is 0.0617. The van der Waals surface area contributed by atoms with Gasteiger partial charge in [0.2, 0.25) is 0 Å². The maximum atomic E-state index is 6.80. The number of rotatable bonds is 16. The summed E-state index contributed by atoms with van der Waals surface area (Å²) < 4.78 is 6.00. The third-order valence-corrected chi connectivity index (χ3v) is 13.3. The van der Waals surface area contributed by atoms with Crippen molar-refractivity contribution in [2.45, 2.75) is 119 Å². The molecule has 58 heavy (non-hydrogen) atoms. The van der Waals surface area contributed by atoms with Crippen LogP contribution in [0.3, 0.4) is 0 Å². The summed E-state index contributed by atoms with van der Waals surface area (Å²) in [5.74, 6) is 0. The Hall–Kier alpha value is 1.57. The fourth-order valence-corrected chi connectivity index (χ4v) is 8.18. The van der Waals surface area contributed by atoms with Crippen LogP contribution in [-0.2, 0) is 30.4 Å². The van der Waals surface area contributed by atoms with Gasteiger partial charge in [-0.25, -0.2) is 0 Å². The molecule has 14 heteroatoms. The number of benzene rings is 4. The van der Waals surface area contributed by atoms with E-state index in [9.17, 15) is 0 Å². The van der Waals surface area contributed by atoms with E-state index >= 15 is 0 Å². The largest absolute Gasteiger partial charge is 2.00 e. The predicted molar refractivity (Wildman–Crippen MR) is 274 cm³/mol. The molecule has 0 bridgehead atoms. The molecule has 1 nitrogen and oxygen atoms in total. The van der Waals surface area contributed by atoms with Crippen molar-refractivity contribution in [1.29, 1.82) is 0 Å². The van der Waals surface area contributed by atoms with Crippen LogP contribution in [0.5, 0.6) is 0 Å². The topological polar surface area (TPSA) is 9.23 Å².